The molecule has 26 heavy (non-hydrogen) atoms. The molecule has 1 atom stereocenters. The molecule has 0 aromatic heterocycles. The third-order valence-corrected chi connectivity index (χ3v) is 5.48. The molecule has 2 aliphatic heterocycles. The number of para-hydroxylation sites is 1. The van der Waals surface area contributed by atoms with Gasteiger partial charge < -0.3 is 14.7 Å². The zero-order valence-corrected chi connectivity index (χ0v) is 15.8. The van der Waals surface area contributed by atoms with Gasteiger partial charge in [-0.1, -0.05) is 25.1 Å². The number of carbonyl (C=O) groups is 3. The molecule has 6 heteroatoms. The van der Waals surface area contributed by atoms with Crippen LogP contribution in [0.15, 0.2) is 18.2 Å². The maximum absolute atomic E-state index is 12.9. The Kier molecular flexibility index (Phi) is 5.30. The summed E-state index contributed by atoms with van der Waals surface area (Å²) < 4.78 is 0. The summed E-state index contributed by atoms with van der Waals surface area (Å²) in [6, 6.07) is 6.07. The predicted molar refractivity (Wildman–Crippen MR) is 99.9 cm³/mol. The number of hydrogen-bond donors (Lipinski definition) is 0. The van der Waals surface area contributed by atoms with Crippen molar-refractivity contribution in [3.8, 4) is 0 Å². The fraction of sp³-hybridized carbons (Fsp3) is 0.550. The van der Waals surface area contributed by atoms with Crippen LogP contribution in [0.25, 0.3) is 0 Å². The van der Waals surface area contributed by atoms with Gasteiger partial charge in [-0.05, 0) is 24.5 Å². The van der Waals surface area contributed by atoms with Crippen molar-refractivity contribution < 1.29 is 14.4 Å². The van der Waals surface area contributed by atoms with Gasteiger partial charge in [-0.2, -0.15) is 0 Å². The second-order valence-corrected chi connectivity index (χ2v) is 7.17. The number of nitrogens with zero attached hydrogens (tertiary/aromatic N) is 3. The minimum absolute atomic E-state index is 0.0229. The lowest BCUT2D eigenvalue weighted by Crippen LogP contribution is -2.51. The van der Waals surface area contributed by atoms with E-state index in [4.69, 9.17) is 0 Å². The topological polar surface area (TPSA) is 60.9 Å². The Morgan fingerprint density at radius 2 is 1.77 bits per heavy atom. The quantitative estimate of drug-likeness (QED) is 0.826. The molecule has 1 aromatic carbocycles. The smallest absolute Gasteiger partial charge is 0.228 e. The second kappa shape index (κ2) is 7.48. The summed E-state index contributed by atoms with van der Waals surface area (Å²) in [7, 11) is 0. The zero-order valence-electron chi connectivity index (χ0n) is 15.8. The van der Waals surface area contributed by atoms with Crippen LogP contribution in [-0.4, -0.2) is 60.2 Å². The highest BCUT2D eigenvalue weighted by Crippen LogP contribution is 2.32. The van der Waals surface area contributed by atoms with E-state index in [9.17, 15) is 14.4 Å². The Hall–Kier alpha value is -2.37. The number of hydrogen-bond acceptors (Lipinski definition) is 3. The first-order valence-electron chi connectivity index (χ1n) is 9.35. The van der Waals surface area contributed by atoms with Crippen LogP contribution in [0.2, 0.25) is 0 Å². The van der Waals surface area contributed by atoms with Crippen molar-refractivity contribution in [2.24, 2.45) is 5.92 Å². The van der Waals surface area contributed by atoms with Gasteiger partial charge in [0.2, 0.25) is 17.7 Å². The predicted octanol–water partition coefficient (Wildman–Crippen LogP) is 1.60. The molecular weight excluding hydrogens is 330 g/mol. The van der Waals surface area contributed by atoms with Gasteiger partial charge in [0, 0.05) is 51.8 Å². The van der Waals surface area contributed by atoms with Gasteiger partial charge in [0.1, 0.15) is 0 Å². The van der Waals surface area contributed by atoms with Gasteiger partial charge in [0.25, 0.3) is 0 Å². The van der Waals surface area contributed by atoms with Gasteiger partial charge in [-0.25, -0.2) is 0 Å². The third kappa shape index (κ3) is 3.45. The molecule has 0 aliphatic carbocycles. The average molecular weight is 357 g/mol. The number of anilines is 1. The fourth-order valence-electron chi connectivity index (χ4n) is 3.98. The van der Waals surface area contributed by atoms with Crippen LogP contribution in [0.5, 0.6) is 0 Å². The van der Waals surface area contributed by atoms with Crippen LogP contribution in [0.3, 0.4) is 0 Å². The lowest BCUT2D eigenvalue weighted by molar-refractivity contribution is -0.141. The van der Waals surface area contributed by atoms with E-state index in [0.29, 0.717) is 32.7 Å². The molecule has 0 bridgehead atoms. The van der Waals surface area contributed by atoms with Gasteiger partial charge in [0.05, 0.1) is 5.92 Å². The van der Waals surface area contributed by atoms with E-state index in [1.54, 1.807) is 21.6 Å². The van der Waals surface area contributed by atoms with Crippen molar-refractivity contribution >= 4 is 23.4 Å². The molecule has 3 amide bonds. The Bertz CT molecular complexity index is 723. The number of amides is 3. The van der Waals surface area contributed by atoms with E-state index in [-0.39, 0.29) is 30.1 Å². The fourth-order valence-corrected chi connectivity index (χ4v) is 3.98. The van der Waals surface area contributed by atoms with Crippen molar-refractivity contribution in [1.82, 2.24) is 9.80 Å². The molecule has 140 valence electrons. The Morgan fingerprint density at radius 1 is 1.12 bits per heavy atom. The van der Waals surface area contributed by atoms with Gasteiger partial charge in [-0.3, -0.25) is 14.4 Å². The largest absolute Gasteiger partial charge is 0.339 e. The Labute approximate surface area is 154 Å². The highest BCUT2D eigenvalue weighted by molar-refractivity contribution is 6.01. The van der Waals surface area contributed by atoms with Crippen LogP contribution in [0, 0.1) is 12.8 Å². The first-order valence-corrected chi connectivity index (χ1v) is 9.35. The number of carbonyl (C=O) groups excluding carboxylic acids is 3. The summed E-state index contributed by atoms with van der Waals surface area (Å²) in [6.45, 7) is 8.34. The van der Waals surface area contributed by atoms with Gasteiger partial charge >= 0.3 is 0 Å². The van der Waals surface area contributed by atoms with Crippen molar-refractivity contribution in [3.63, 3.8) is 0 Å². The number of piperazine rings is 1. The lowest BCUT2D eigenvalue weighted by Gasteiger charge is -2.35. The Balaban J connectivity index is 1.71. The molecule has 0 radical (unpaired) electrons. The third-order valence-electron chi connectivity index (χ3n) is 5.48. The molecular formula is C20H27N3O3. The standard InChI is InChI=1S/C20H27N3O3/c1-4-16-7-5-6-14(2)19(16)23-13-17(12-18(23)25)20(26)22-10-8-21(9-11-22)15(3)24/h5-7,17H,4,8-13H2,1-3H3. The maximum Gasteiger partial charge on any atom is 0.228 e. The summed E-state index contributed by atoms with van der Waals surface area (Å²) >= 11 is 0. The summed E-state index contributed by atoms with van der Waals surface area (Å²) in [5.74, 6) is -0.188. The summed E-state index contributed by atoms with van der Waals surface area (Å²) in [5, 5.41) is 0. The number of aryl methyl sites for hydroxylation is 2. The molecule has 1 aromatic rings. The molecule has 0 saturated carbocycles. The van der Waals surface area contributed by atoms with Gasteiger partial charge in [0.15, 0.2) is 0 Å². The number of benzene rings is 1. The maximum atomic E-state index is 12.9. The van der Waals surface area contributed by atoms with Crippen LogP contribution in [0.1, 0.15) is 31.4 Å². The van der Waals surface area contributed by atoms with Crippen molar-refractivity contribution in [2.75, 3.05) is 37.6 Å². The highest BCUT2D eigenvalue weighted by Gasteiger charge is 2.39. The first-order chi connectivity index (χ1) is 12.4. The summed E-state index contributed by atoms with van der Waals surface area (Å²) in [6.07, 6.45) is 1.12. The molecule has 6 nitrogen and oxygen atoms in total. The van der Waals surface area contributed by atoms with E-state index >= 15 is 0 Å². The van der Waals surface area contributed by atoms with E-state index in [2.05, 4.69) is 6.92 Å². The highest BCUT2D eigenvalue weighted by atomic mass is 16.2. The molecule has 2 heterocycles. The van der Waals surface area contributed by atoms with Gasteiger partial charge in [-0.15, -0.1) is 0 Å². The lowest BCUT2D eigenvalue weighted by atomic mass is 10.0. The Morgan fingerprint density at radius 3 is 2.38 bits per heavy atom. The number of rotatable bonds is 3. The van der Waals surface area contributed by atoms with Crippen molar-refractivity contribution in [2.45, 2.75) is 33.6 Å². The van der Waals surface area contributed by atoms with E-state index in [1.807, 2.05) is 25.1 Å². The van der Waals surface area contributed by atoms with Crippen LogP contribution in [-0.2, 0) is 20.8 Å². The molecule has 2 saturated heterocycles. The normalized spacial score (nSPS) is 20.7. The minimum atomic E-state index is -0.296. The molecule has 0 N–H and O–H groups in total. The monoisotopic (exact) mass is 357 g/mol. The molecule has 2 fully saturated rings. The van der Waals surface area contributed by atoms with E-state index in [1.165, 1.54) is 0 Å². The molecule has 0 spiro atoms. The minimum Gasteiger partial charge on any atom is -0.339 e. The van der Waals surface area contributed by atoms with Crippen LogP contribution >= 0.6 is 0 Å². The van der Waals surface area contributed by atoms with E-state index < -0.39 is 0 Å². The summed E-state index contributed by atoms with van der Waals surface area (Å²) in [5.41, 5.74) is 3.18. The van der Waals surface area contributed by atoms with E-state index in [0.717, 1.165) is 23.2 Å². The molecule has 2 aliphatic rings. The van der Waals surface area contributed by atoms with Crippen molar-refractivity contribution in [1.29, 1.82) is 0 Å². The first kappa shape index (κ1) is 18.4. The molecule has 3 rings (SSSR count). The molecule has 1 unspecified atom stereocenters. The zero-order chi connectivity index (χ0) is 18.8. The average Bonchev–Trinajstić information content (AvgIpc) is 3.02. The van der Waals surface area contributed by atoms with Crippen LogP contribution in [0.4, 0.5) is 5.69 Å². The SMILES string of the molecule is CCc1cccc(C)c1N1CC(C(=O)N2CCN(C(C)=O)CC2)CC1=O. The second-order valence-electron chi connectivity index (χ2n) is 7.17. The van der Waals surface area contributed by atoms with Crippen molar-refractivity contribution in [3.05, 3.63) is 29.3 Å². The van der Waals surface area contributed by atoms with Crippen LogP contribution < -0.4 is 4.90 Å². The summed E-state index contributed by atoms with van der Waals surface area (Å²) in [4.78, 5) is 42.3.